The molecule has 72 heavy (non-hydrogen) atoms. The van der Waals surface area contributed by atoms with Gasteiger partial charge in [0.05, 0.1) is 11.4 Å². The quantitative estimate of drug-likeness (QED) is 0.136. The fraction of sp³-hybridized carbons (Fsp3) is 0.0294. The Balaban J connectivity index is 1.01. The number of benzene rings is 10. The number of aromatic nitrogens is 1. The van der Waals surface area contributed by atoms with Crippen LogP contribution < -0.4 is 10.6 Å². The molecule has 342 valence electrons. The summed E-state index contributed by atoms with van der Waals surface area (Å²) in [6, 6.07) is 99.2. The first-order valence-electron chi connectivity index (χ1n) is 24.6. The van der Waals surface area contributed by atoms with Crippen LogP contribution in [-0.2, 0) is 0 Å². The maximum atomic E-state index is 5.67. The number of nitrogens with one attached hydrogen (secondary N) is 2. The molecule has 10 aromatic carbocycles. The summed E-state index contributed by atoms with van der Waals surface area (Å²) in [6.45, 7) is 0. The van der Waals surface area contributed by atoms with Crippen molar-refractivity contribution in [3.63, 3.8) is 0 Å². The molecule has 0 saturated heterocycles. The molecule has 2 unspecified atom stereocenters. The molecule has 0 amide bonds. The summed E-state index contributed by atoms with van der Waals surface area (Å²) in [5.74, 6) is 0.835. The average molecular weight is 923 g/mol. The molecule has 2 heterocycles. The van der Waals surface area contributed by atoms with Gasteiger partial charge in [0.1, 0.15) is 18.2 Å². The Kier molecular flexibility index (Phi) is 12.2. The Morgan fingerprint density at radius 2 is 0.611 bits per heavy atom. The zero-order chi connectivity index (χ0) is 48.1. The number of amidine groups is 1. The summed E-state index contributed by atoms with van der Waals surface area (Å²) in [4.78, 5) is 11.1. The molecule has 4 heteroatoms. The van der Waals surface area contributed by atoms with Gasteiger partial charge in [-0.2, -0.15) is 0 Å². The molecule has 0 aliphatic carbocycles. The Morgan fingerprint density at radius 1 is 0.264 bits per heavy atom. The van der Waals surface area contributed by atoms with Crippen LogP contribution in [0.15, 0.2) is 284 Å². The second-order valence-corrected chi connectivity index (χ2v) is 18.2. The molecule has 1 aromatic heterocycles. The molecule has 0 fully saturated rings. The molecule has 12 rings (SSSR count). The van der Waals surface area contributed by atoms with E-state index in [4.69, 9.17) is 9.98 Å². The predicted molar refractivity (Wildman–Crippen MR) is 299 cm³/mol. The lowest BCUT2D eigenvalue weighted by atomic mass is 9.82. The molecule has 2 N–H and O–H groups in total. The minimum atomic E-state index is -0.355. The van der Waals surface area contributed by atoms with Crippen molar-refractivity contribution in [2.45, 2.75) is 12.3 Å². The molecule has 0 bridgehead atoms. The molecule has 1 aliphatic heterocycles. The van der Waals surface area contributed by atoms with Crippen LogP contribution in [0.3, 0.4) is 0 Å². The van der Waals surface area contributed by atoms with Crippen LogP contribution in [0.4, 0.5) is 0 Å². The van der Waals surface area contributed by atoms with Crippen LogP contribution in [0, 0.1) is 0 Å². The third-order valence-corrected chi connectivity index (χ3v) is 13.5. The Labute approximate surface area is 421 Å². The lowest BCUT2D eigenvalue weighted by Crippen LogP contribution is -2.45. The smallest absolute Gasteiger partial charge is 0.131 e. The van der Waals surface area contributed by atoms with Gasteiger partial charge in [0.15, 0.2) is 0 Å². The summed E-state index contributed by atoms with van der Waals surface area (Å²) in [5, 5.41) is 7.73. The van der Waals surface area contributed by atoms with E-state index in [2.05, 4.69) is 290 Å². The highest BCUT2D eigenvalue weighted by atomic mass is 15.3. The minimum absolute atomic E-state index is 0.226. The maximum Gasteiger partial charge on any atom is 0.131 e. The SMILES string of the molecule is c1ccc(-c2cccc(C3=NC(c4cccc(-c5cccc(-c6c(-c7ccccc7)c(-c7ccccc7)nc(-c7ccccc7)c6-c6ccccc6)c5)c4)NC(c4cccc(-c5ccccc5)c4)N3)c2)cc1. The second-order valence-electron chi connectivity index (χ2n) is 18.2. The highest BCUT2D eigenvalue weighted by Crippen LogP contribution is 2.49. The van der Waals surface area contributed by atoms with Gasteiger partial charge in [0, 0.05) is 33.4 Å². The first-order chi connectivity index (χ1) is 35.7. The minimum Gasteiger partial charge on any atom is -0.350 e. The van der Waals surface area contributed by atoms with Crippen LogP contribution >= 0.6 is 0 Å². The zero-order valence-electron chi connectivity index (χ0n) is 39.6. The van der Waals surface area contributed by atoms with Gasteiger partial charge in [-0.05, 0) is 85.5 Å². The first-order valence-corrected chi connectivity index (χ1v) is 24.6. The number of rotatable bonds is 11. The number of pyridine rings is 1. The van der Waals surface area contributed by atoms with Crippen molar-refractivity contribution < 1.29 is 0 Å². The molecule has 11 aromatic rings. The van der Waals surface area contributed by atoms with Gasteiger partial charge in [-0.25, -0.2) is 9.98 Å². The summed E-state index contributed by atoms with van der Waals surface area (Å²) in [5.41, 5.74) is 20.7. The summed E-state index contributed by atoms with van der Waals surface area (Å²) >= 11 is 0. The predicted octanol–water partition coefficient (Wildman–Crippen LogP) is 16.8. The number of hydrogen-bond donors (Lipinski definition) is 2. The molecule has 2 atom stereocenters. The van der Waals surface area contributed by atoms with Crippen LogP contribution in [0.25, 0.3) is 89.3 Å². The summed E-state index contributed by atoms with van der Waals surface area (Å²) < 4.78 is 0. The summed E-state index contributed by atoms with van der Waals surface area (Å²) in [6.07, 6.45) is -0.581. The van der Waals surface area contributed by atoms with E-state index in [9.17, 15) is 0 Å². The topological polar surface area (TPSA) is 49.3 Å². The normalized spacial score (nSPS) is 14.2. The van der Waals surface area contributed by atoms with Crippen molar-refractivity contribution in [1.29, 1.82) is 0 Å². The molecule has 0 radical (unpaired) electrons. The molecular weight excluding hydrogens is 873 g/mol. The van der Waals surface area contributed by atoms with E-state index in [0.29, 0.717) is 0 Å². The van der Waals surface area contributed by atoms with E-state index >= 15 is 0 Å². The van der Waals surface area contributed by atoms with E-state index < -0.39 is 0 Å². The highest BCUT2D eigenvalue weighted by Gasteiger charge is 2.28. The monoisotopic (exact) mass is 922 g/mol. The number of hydrogen-bond acceptors (Lipinski definition) is 4. The molecule has 1 aliphatic rings. The van der Waals surface area contributed by atoms with Gasteiger partial charge in [-0.1, -0.05) is 255 Å². The van der Waals surface area contributed by atoms with Crippen molar-refractivity contribution in [2.24, 2.45) is 4.99 Å². The largest absolute Gasteiger partial charge is 0.350 e. The first kappa shape index (κ1) is 44.0. The second kappa shape index (κ2) is 20.0. The maximum absolute atomic E-state index is 5.67. The standard InChI is InChI=1S/C68H50N4/c1-7-23-47(24-8-1)53-35-20-40-58(44-53)66-70-67(59-41-21-36-54(45-59)48-25-9-2-10-26-48)72-68(71-66)60-42-22-38-56(46-60)55-37-19-39-57(43-55)61-62(49-27-11-3-12-28-49)64(51-31-15-5-16-32-51)69-65(52-33-17-6-18-34-52)63(61)50-29-13-4-14-30-50/h1-46,66,68,71H,(H,70,72). The lowest BCUT2D eigenvalue weighted by molar-refractivity contribution is 0.409. The third-order valence-electron chi connectivity index (χ3n) is 13.5. The highest BCUT2D eigenvalue weighted by molar-refractivity contribution is 6.05. The Bertz CT molecular complexity index is 3570. The Hall–Kier alpha value is -9.22. The van der Waals surface area contributed by atoms with Gasteiger partial charge in [0.2, 0.25) is 0 Å². The lowest BCUT2D eigenvalue weighted by Gasteiger charge is -2.32. The fourth-order valence-electron chi connectivity index (χ4n) is 10.1. The van der Waals surface area contributed by atoms with Gasteiger partial charge in [0.25, 0.3) is 0 Å². The molecule has 0 saturated carbocycles. The molecule has 4 nitrogen and oxygen atoms in total. The van der Waals surface area contributed by atoms with E-state index in [1.54, 1.807) is 0 Å². The third kappa shape index (κ3) is 9.07. The van der Waals surface area contributed by atoms with Crippen LogP contribution in [0.5, 0.6) is 0 Å². The molecular formula is C68H50N4. The van der Waals surface area contributed by atoms with E-state index in [-0.39, 0.29) is 12.3 Å². The van der Waals surface area contributed by atoms with Gasteiger partial charge >= 0.3 is 0 Å². The number of aliphatic imine (C=N–C) groups is 1. The molecule has 0 spiro atoms. The van der Waals surface area contributed by atoms with Crippen LogP contribution in [0.1, 0.15) is 29.0 Å². The van der Waals surface area contributed by atoms with Crippen molar-refractivity contribution in [3.05, 3.63) is 296 Å². The Morgan fingerprint density at radius 3 is 1.12 bits per heavy atom. The van der Waals surface area contributed by atoms with Gasteiger partial charge in [-0.15, -0.1) is 0 Å². The van der Waals surface area contributed by atoms with E-state index in [1.807, 2.05) is 0 Å². The van der Waals surface area contributed by atoms with E-state index in [0.717, 1.165) is 101 Å². The zero-order valence-corrected chi connectivity index (χ0v) is 39.6. The summed E-state index contributed by atoms with van der Waals surface area (Å²) in [7, 11) is 0. The van der Waals surface area contributed by atoms with Crippen molar-refractivity contribution in [1.82, 2.24) is 15.6 Å². The fourth-order valence-corrected chi connectivity index (χ4v) is 10.1. The van der Waals surface area contributed by atoms with Crippen molar-refractivity contribution >= 4 is 5.84 Å². The average Bonchev–Trinajstić information content (AvgIpc) is 3.48. The van der Waals surface area contributed by atoms with E-state index in [1.165, 1.54) is 11.1 Å². The number of nitrogens with zero attached hydrogens (tertiary/aromatic N) is 2. The van der Waals surface area contributed by atoms with Gasteiger partial charge in [-0.3, -0.25) is 5.32 Å². The van der Waals surface area contributed by atoms with Crippen molar-refractivity contribution in [3.8, 4) is 89.3 Å². The van der Waals surface area contributed by atoms with Gasteiger partial charge < -0.3 is 5.32 Å². The van der Waals surface area contributed by atoms with Crippen LogP contribution in [-0.4, -0.2) is 10.8 Å². The van der Waals surface area contributed by atoms with Crippen LogP contribution in [0.2, 0.25) is 0 Å². The van der Waals surface area contributed by atoms with Crippen molar-refractivity contribution in [2.75, 3.05) is 0 Å².